The van der Waals surface area contributed by atoms with Crippen molar-refractivity contribution in [3.8, 4) is 0 Å². The monoisotopic (exact) mass is 354 g/mol. The van der Waals surface area contributed by atoms with Crippen molar-refractivity contribution in [1.29, 1.82) is 0 Å². The fraction of sp³-hybridized carbons (Fsp3) is 0.438. The third kappa shape index (κ3) is 3.65. The van der Waals surface area contributed by atoms with Crippen molar-refractivity contribution in [2.75, 3.05) is 31.1 Å². The Morgan fingerprint density at radius 3 is 2.72 bits per heavy atom. The first kappa shape index (κ1) is 17.4. The van der Waals surface area contributed by atoms with Crippen molar-refractivity contribution >= 4 is 22.3 Å². The van der Waals surface area contributed by atoms with Crippen LogP contribution in [0.5, 0.6) is 0 Å². The largest absolute Gasteiger partial charge is 0.401 e. The lowest BCUT2D eigenvalue weighted by molar-refractivity contribution is -0.383. The summed E-state index contributed by atoms with van der Waals surface area (Å²) in [6.07, 6.45) is -2.67. The number of benzene rings is 1. The first-order valence-electron chi connectivity index (χ1n) is 7.84. The van der Waals surface area contributed by atoms with E-state index in [0.717, 1.165) is 0 Å². The average molecular weight is 354 g/mol. The zero-order valence-electron chi connectivity index (χ0n) is 13.5. The Morgan fingerprint density at radius 2 is 2.08 bits per heavy atom. The molecule has 1 aromatic heterocycles. The van der Waals surface area contributed by atoms with E-state index in [1.165, 1.54) is 11.0 Å². The Balaban J connectivity index is 1.89. The van der Waals surface area contributed by atoms with Crippen LogP contribution < -0.4 is 4.90 Å². The molecule has 1 saturated heterocycles. The second-order valence-corrected chi connectivity index (χ2v) is 6.14. The molecule has 1 atom stereocenters. The van der Waals surface area contributed by atoms with Gasteiger partial charge in [0.25, 0.3) is 5.69 Å². The topological polar surface area (TPSA) is 62.5 Å². The molecule has 1 unspecified atom stereocenters. The number of nitro groups is 1. The average Bonchev–Trinajstić information content (AvgIpc) is 2.54. The van der Waals surface area contributed by atoms with Crippen molar-refractivity contribution in [2.24, 2.45) is 0 Å². The van der Waals surface area contributed by atoms with Crippen LogP contribution in [-0.4, -0.2) is 53.2 Å². The molecule has 1 fully saturated rings. The van der Waals surface area contributed by atoms with E-state index in [0.29, 0.717) is 29.7 Å². The molecular weight excluding hydrogens is 337 g/mol. The molecule has 134 valence electrons. The molecule has 2 aromatic rings. The van der Waals surface area contributed by atoms with Gasteiger partial charge in [-0.15, -0.1) is 0 Å². The lowest BCUT2D eigenvalue weighted by Gasteiger charge is -2.41. The van der Waals surface area contributed by atoms with Crippen molar-refractivity contribution < 1.29 is 18.1 Å². The molecule has 9 heteroatoms. The van der Waals surface area contributed by atoms with E-state index in [1.807, 2.05) is 4.90 Å². The molecular formula is C16H17F3N4O2. The van der Waals surface area contributed by atoms with Crippen LogP contribution in [0.25, 0.3) is 10.9 Å². The summed E-state index contributed by atoms with van der Waals surface area (Å²) in [7, 11) is 0. The number of pyridine rings is 1. The van der Waals surface area contributed by atoms with Crippen LogP contribution in [0.15, 0.2) is 30.5 Å². The molecule has 0 radical (unpaired) electrons. The summed E-state index contributed by atoms with van der Waals surface area (Å²) >= 11 is 0. The van der Waals surface area contributed by atoms with Gasteiger partial charge in [-0.2, -0.15) is 13.2 Å². The smallest absolute Gasteiger partial charge is 0.367 e. The number of nitrogens with zero attached hydrogens (tertiary/aromatic N) is 4. The maximum absolute atomic E-state index is 12.6. The summed E-state index contributed by atoms with van der Waals surface area (Å²) < 4.78 is 37.9. The molecule has 25 heavy (non-hydrogen) atoms. The third-order valence-electron chi connectivity index (χ3n) is 4.41. The molecule has 3 rings (SSSR count). The second kappa shape index (κ2) is 6.47. The summed E-state index contributed by atoms with van der Waals surface area (Å²) in [6.45, 7) is 1.90. The third-order valence-corrected chi connectivity index (χ3v) is 4.41. The molecule has 0 bridgehead atoms. The Labute approximate surface area is 142 Å². The van der Waals surface area contributed by atoms with Gasteiger partial charge in [-0.05, 0) is 25.1 Å². The summed E-state index contributed by atoms with van der Waals surface area (Å²) in [6, 6.07) is 6.02. The van der Waals surface area contributed by atoms with E-state index in [9.17, 15) is 23.3 Å². The standard InChI is InChI=1S/C16H17F3N4O2/c1-11-9-21(7-8-22(11)10-16(17,18)19)14-5-4-13(23(24)25)12-3-2-6-20-15(12)14/h2-6,11H,7-10H2,1H3. The molecule has 1 aromatic carbocycles. The first-order chi connectivity index (χ1) is 11.8. The number of rotatable bonds is 3. The van der Waals surface area contributed by atoms with Gasteiger partial charge in [0.15, 0.2) is 0 Å². The number of aromatic nitrogens is 1. The highest BCUT2D eigenvalue weighted by atomic mass is 19.4. The maximum atomic E-state index is 12.6. The number of hydrogen-bond acceptors (Lipinski definition) is 5. The summed E-state index contributed by atoms with van der Waals surface area (Å²) in [5, 5.41) is 11.6. The van der Waals surface area contributed by atoms with Gasteiger partial charge in [0.05, 0.1) is 22.5 Å². The van der Waals surface area contributed by atoms with Crippen LogP contribution in [0.1, 0.15) is 6.92 Å². The lowest BCUT2D eigenvalue weighted by Crippen LogP contribution is -2.54. The SMILES string of the molecule is CC1CN(c2ccc([N+](=O)[O-])c3cccnc23)CCN1CC(F)(F)F. The molecule has 0 spiro atoms. The zero-order valence-corrected chi connectivity index (χ0v) is 13.5. The maximum Gasteiger partial charge on any atom is 0.401 e. The highest BCUT2D eigenvalue weighted by Gasteiger charge is 2.35. The number of piperazine rings is 1. The number of nitro benzene ring substituents is 1. The number of anilines is 1. The van der Waals surface area contributed by atoms with E-state index in [4.69, 9.17) is 0 Å². The quantitative estimate of drug-likeness (QED) is 0.626. The minimum atomic E-state index is -4.22. The number of halogens is 3. The molecule has 0 saturated carbocycles. The minimum Gasteiger partial charge on any atom is -0.367 e. The normalized spacial score (nSPS) is 19.4. The van der Waals surface area contributed by atoms with Gasteiger partial charge in [0.1, 0.15) is 5.52 Å². The zero-order chi connectivity index (χ0) is 18.2. The Kier molecular flexibility index (Phi) is 4.51. The first-order valence-corrected chi connectivity index (χ1v) is 7.84. The highest BCUT2D eigenvalue weighted by molar-refractivity contribution is 5.97. The van der Waals surface area contributed by atoms with Gasteiger partial charge in [0, 0.05) is 37.9 Å². The number of non-ortho nitro benzene ring substituents is 1. The summed E-state index contributed by atoms with van der Waals surface area (Å²) in [4.78, 5) is 18.3. The Hall–Kier alpha value is -2.42. The molecule has 1 aliphatic heterocycles. The van der Waals surface area contributed by atoms with Gasteiger partial charge < -0.3 is 4.90 Å². The van der Waals surface area contributed by atoms with Gasteiger partial charge in [-0.1, -0.05) is 0 Å². The second-order valence-electron chi connectivity index (χ2n) is 6.14. The fourth-order valence-corrected chi connectivity index (χ4v) is 3.24. The van der Waals surface area contributed by atoms with Crippen molar-refractivity contribution in [1.82, 2.24) is 9.88 Å². The van der Waals surface area contributed by atoms with E-state index in [2.05, 4.69) is 4.98 Å². The molecule has 0 aliphatic carbocycles. The van der Waals surface area contributed by atoms with Crippen molar-refractivity contribution in [3.63, 3.8) is 0 Å². The highest BCUT2D eigenvalue weighted by Crippen LogP contribution is 2.33. The van der Waals surface area contributed by atoms with Gasteiger partial charge in [0.2, 0.25) is 0 Å². The molecule has 6 nitrogen and oxygen atoms in total. The van der Waals surface area contributed by atoms with Crippen LogP contribution in [0, 0.1) is 10.1 Å². The fourth-order valence-electron chi connectivity index (χ4n) is 3.24. The summed E-state index contributed by atoms with van der Waals surface area (Å²) in [5.74, 6) is 0. The molecule has 0 amide bonds. The summed E-state index contributed by atoms with van der Waals surface area (Å²) in [5.41, 5.74) is 1.17. The van der Waals surface area contributed by atoms with Gasteiger partial charge >= 0.3 is 6.18 Å². The predicted molar refractivity (Wildman–Crippen MR) is 87.7 cm³/mol. The Morgan fingerprint density at radius 1 is 1.32 bits per heavy atom. The molecule has 0 N–H and O–H groups in total. The van der Waals surface area contributed by atoms with Crippen LogP contribution in [0.4, 0.5) is 24.5 Å². The number of hydrogen-bond donors (Lipinski definition) is 0. The van der Waals surface area contributed by atoms with Crippen molar-refractivity contribution in [2.45, 2.75) is 19.1 Å². The van der Waals surface area contributed by atoms with Crippen molar-refractivity contribution in [3.05, 3.63) is 40.6 Å². The number of fused-ring (bicyclic) bond motifs is 1. The van der Waals surface area contributed by atoms with Crippen LogP contribution >= 0.6 is 0 Å². The molecule has 1 aliphatic rings. The van der Waals surface area contributed by atoms with Gasteiger partial charge in [-0.3, -0.25) is 20.0 Å². The Bertz CT molecular complexity index is 797. The minimum absolute atomic E-state index is 0.0318. The van der Waals surface area contributed by atoms with E-state index >= 15 is 0 Å². The van der Waals surface area contributed by atoms with Crippen LogP contribution in [0.3, 0.4) is 0 Å². The van der Waals surface area contributed by atoms with Crippen LogP contribution in [0.2, 0.25) is 0 Å². The predicted octanol–water partition coefficient (Wildman–Crippen LogP) is 3.22. The van der Waals surface area contributed by atoms with Gasteiger partial charge in [-0.25, -0.2) is 0 Å². The molecule has 2 heterocycles. The van der Waals surface area contributed by atoms with E-state index in [-0.39, 0.29) is 18.3 Å². The van der Waals surface area contributed by atoms with E-state index in [1.54, 1.807) is 31.3 Å². The van der Waals surface area contributed by atoms with Crippen LogP contribution in [-0.2, 0) is 0 Å². The lowest BCUT2D eigenvalue weighted by atomic mass is 10.1. The number of alkyl halides is 3. The van der Waals surface area contributed by atoms with E-state index < -0.39 is 17.6 Å².